The number of nitrogens with one attached hydrogen (secondary N) is 1. The molecule has 0 aromatic heterocycles. The minimum atomic E-state index is 0. The molecule has 1 aromatic rings. The number of benzene rings is 1. The van der Waals surface area contributed by atoms with Crippen LogP contribution in [0.4, 0.5) is 0 Å². The van der Waals surface area contributed by atoms with Crippen molar-refractivity contribution in [3.8, 4) is 5.75 Å². The molecule has 0 bridgehead atoms. The van der Waals surface area contributed by atoms with E-state index in [-0.39, 0.29) is 24.8 Å². The average Bonchev–Trinajstić information content (AvgIpc) is 2.48. The molecule has 0 spiro atoms. The van der Waals surface area contributed by atoms with Gasteiger partial charge in [0.25, 0.3) is 0 Å². The number of hydrogen-bond donors (Lipinski definition) is 1. The van der Waals surface area contributed by atoms with Gasteiger partial charge in [0.05, 0.1) is 24.8 Å². The first kappa shape index (κ1) is 21.8. The number of rotatable bonds is 7. The molecular weight excluding hydrogens is 347 g/mol. The Kier molecular flexibility index (Phi) is 12.1. The van der Waals surface area contributed by atoms with E-state index in [9.17, 15) is 0 Å². The van der Waals surface area contributed by atoms with Crippen LogP contribution in [0.2, 0.25) is 5.02 Å². The molecule has 1 heterocycles. The van der Waals surface area contributed by atoms with E-state index in [0.717, 1.165) is 51.7 Å². The maximum Gasteiger partial charge on any atom is 0.137 e. The van der Waals surface area contributed by atoms with Gasteiger partial charge in [0.15, 0.2) is 0 Å². The first-order valence-corrected chi connectivity index (χ1v) is 7.59. The minimum absolute atomic E-state index is 0. The van der Waals surface area contributed by atoms with Crippen LogP contribution in [0.5, 0.6) is 5.75 Å². The second-order valence-corrected chi connectivity index (χ2v) is 5.24. The summed E-state index contributed by atoms with van der Waals surface area (Å²) in [5.41, 5.74) is 1.18. The van der Waals surface area contributed by atoms with Crippen LogP contribution in [0.25, 0.3) is 0 Å². The van der Waals surface area contributed by atoms with Gasteiger partial charge in [-0.15, -0.1) is 0 Å². The van der Waals surface area contributed by atoms with Crippen molar-refractivity contribution in [1.29, 1.82) is 0 Å². The zero-order chi connectivity index (χ0) is 14.2. The fraction of sp³-hybridized carbons (Fsp3) is 0.600. The second kappa shape index (κ2) is 12.2. The summed E-state index contributed by atoms with van der Waals surface area (Å²) in [7, 11) is 0. The Hall–Kier alpha value is -0.230. The van der Waals surface area contributed by atoms with Crippen LogP contribution >= 0.6 is 11.6 Å². The van der Waals surface area contributed by atoms with Crippen LogP contribution in [0.3, 0.4) is 0 Å². The Morgan fingerprint density at radius 1 is 1.27 bits per heavy atom. The standard InChI is InChI=1S/C15H23ClN2O2.2ClH/c1-2-20-15-4-3-13(11-14(15)16)12-17-5-6-18-7-9-19-10-8-18;;/h3-4,11,17H,2,5-10,12H2,1H3;2*1H/p-2. The van der Waals surface area contributed by atoms with Crippen LogP contribution in [-0.4, -0.2) is 50.9 Å². The summed E-state index contributed by atoms with van der Waals surface area (Å²) in [5, 5.41) is 4.13. The molecule has 2 rings (SSSR count). The van der Waals surface area contributed by atoms with Crippen molar-refractivity contribution in [2.24, 2.45) is 0 Å². The van der Waals surface area contributed by atoms with Gasteiger partial charge in [0.2, 0.25) is 0 Å². The molecule has 1 fully saturated rings. The predicted molar refractivity (Wildman–Crippen MR) is 81.6 cm³/mol. The van der Waals surface area contributed by atoms with Crippen molar-refractivity contribution in [2.75, 3.05) is 46.0 Å². The summed E-state index contributed by atoms with van der Waals surface area (Å²) in [6, 6.07) is 5.96. The molecule has 0 unspecified atom stereocenters. The zero-order valence-electron chi connectivity index (χ0n) is 12.8. The van der Waals surface area contributed by atoms with Gasteiger partial charge in [-0.05, 0) is 24.6 Å². The summed E-state index contributed by atoms with van der Waals surface area (Å²) in [4.78, 5) is 2.42. The largest absolute Gasteiger partial charge is 1.00 e. The number of ether oxygens (including phenoxy) is 2. The molecule has 0 radical (unpaired) electrons. The maximum absolute atomic E-state index is 6.17. The van der Waals surface area contributed by atoms with E-state index < -0.39 is 0 Å². The first-order chi connectivity index (χ1) is 9.79. The Morgan fingerprint density at radius 3 is 2.64 bits per heavy atom. The van der Waals surface area contributed by atoms with Crippen LogP contribution in [0, 0.1) is 0 Å². The fourth-order valence-corrected chi connectivity index (χ4v) is 2.48. The van der Waals surface area contributed by atoms with Gasteiger partial charge in [-0.3, -0.25) is 4.90 Å². The molecule has 128 valence electrons. The average molecular weight is 370 g/mol. The highest BCUT2D eigenvalue weighted by molar-refractivity contribution is 6.32. The van der Waals surface area contributed by atoms with Gasteiger partial charge >= 0.3 is 0 Å². The molecule has 0 saturated carbocycles. The Balaban J connectivity index is 0.00000220. The summed E-state index contributed by atoms with van der Waals surface area (Å²) in [5.74, 6) is 0.756. The molecule has 1 aromatic carbocycles. The third kappa shape index (κ3) is 7.36. The number of hydrogen-bond acceptors (Lipinski definition) is 4. The van der Waals surface area contributed by atoms with E-state index in [1.54, 1.807) is 0 Å². The molecule has 22 heavy (non-hydrogen) atoms. The Labute approximate surface area is 150 Å². The van der Waals surface area contributed by atoms with Crippen LogP contribution in [0.15, 0.2) is 18.2 Å². The van der Waals surface area contributed by atoms with E-state index in [1.165, 1.54) is 5.56 Å². The molecule has 1 aliphatic heterocycles. The molecule has 4 nitrogen and oxygen atoms in total. The summed E-state index contributed by atoms with van der Waals surface area (Å²) >= 11 is 6.17. The minimum Gasteiger partial charge on any atom is -1.00 e. The van der Waals surface area contributed by atoms with Crippen molar-refractivity contribution in [1.82, 2.24) is 10.2 Å². The topological polar surface area (TPSA) is 33.7 Å². The highest BCUT2D eigenvalue weighted by atomic mass is 35.5. The zero-order valence-corrected chi connectivity index (χ0v) is 15.1. The number of halogens is 3. The van der Waals surface area contributed by atoms with Gasteiger partial charge < -0.3 is 39.6 Å². The third-order valence-electron chi connectivity index (χ3n) is 3.33. The first-order valence-electron chi connectivity index (χ1n) is 7.21. The quantitative estimate of drug-likeness (QED) is 0.500. The monoisotopic (exact) mass is 368 g/mol. The molecule has 1 saturated heterocycles. The summed E-state index contributed by atoms with van der Waals surface area (Å²) < 4.78 is 10.8. The van der Waals surface area contributed by atoms with Gasteiger partial charge in [-0.25, -0.2) is 0 Å². The lowest BCUT2D eigenvalue weighted by Gasteiger charge is -2.26. The van der Waals surface area contributed by atoms with Crippen LogP contribution < -0.4 is 34.9 Å². The molecule has 0 amide bonds. The van der Waals surface area contributed by atoms with E-state index in [2.05, 4.69) is 16.3 Å². The molecule has 1 N–H and O–H groups in total. The van der Waals surface area contributed by atoms with E-state index in [4.69, 9.17) is 21.1 Å². The van der Waals surface area contributed by atoms with Crippen molar-refractivity contribution in [2.45, 2.75) is 13.5 Å². The third-order valence-corrected chi connectivity index (χ3v) is 3.63. The second-order valence-electron chi connectivity index (χ2n) is 4.83. The van der Waals surface area contributed by atoms with Crippen molar-refractivity contribution < 1.29 is 34.3 Å². The van der Waals surface area contributed by atoms with Crippen molar-refractivity contribution in [3.05, 3.63) is 28.8 Å². The van der Waals surface area contributed by atoms with Crippen LogP contribution in [-0.2, 0) is 11.3 Å². The lowest BCUT2D eigenvalue weighted by atomic mass is 10.2. The molecule has 0 atom stereocenters. The van der Waals surface area contributed by atoms with E-state index in [1.807, 2.05) is 19.1 Å². The van der Waals surface area contributed by atoms with Crippen molar-refractivity contribution >= 4 is 11.6 Å². The maximum atomic E-state index is 6.17. The van der Waals surface area contributed by atoms with Gasteiger partial charge in [-0.2, -0.15) is 0 Å². The molecular formula is C15H23Cl3N2O2-2. The summed E-state index contributed by atoms with van der Waals surface area (Å²) in [6.07, 6.45) is 0. The smallest absolute Gasteiger partial charge is 0.137 e. The number of nitrogens with zero attached hydrogens (tertiary/aromatic N) is 1. The Bertz CT molecular complexity index is 416. The van der Waals surface area contributed by atoms with E-state index >= 15 is 0 Å². The Morgan fingerprint density at radius 2 is 2.00 bits per heavy atom. The number of morpholine rings is 1. The molecule has 1 aliphatic rings. The normalized spacial score (nSPS) is 14.8. The van der Waals surface area contributed by atoms with Gasteiger partial charge in [-0.1, -0.05) is 17.7 Å². The van der Waals surface area contributed by atoms with Gasteiger partial charge in [0.1, 0.15) is 5.75 Å². The highest BCUT2D eigenvalue weighted by Gasteiger charge is 2.09. The molecule has 7 heteroatoms. The lowest BCUT2D eigenvalue weighted by Crippen LogP contribution is -3.00. The van der Waals surface area contributed by atoms with Gasteiger partial charge in [0, 0.05) is 32.7 Å². The van der Waals surface area contributed by atoms with Crippen molar-refractivity contribution in [3.63, 3.8) is 0 Å². The summed E-state index contributed by atoms with van der Waals surface area (Å²) in [6.45, 7) is 9.25. The molecule has 0 aliphatic carbocycles. The van der Waals surface area contributed by atoms with E-state index in [0.29, 0.717) is 11.6 Å². The van der Waals surface area contributed by atoms with Crippen LogP contribution in [0.1, 0.15) is 12.5 Å². The highest BCUT2D eigenvalue weighted by Crippen LogP contribution is 2.25. The predicted octanol–water partition coefficient (Wildman–Crippen LogP) is -3.83. The lowest BCUT2D eigenvalue weighted by molar-refractivity contribution is -0.00100. The SMILES string of the molecule is CCOc1ccc(CNCCN2CCOCC2)cc1Cl.[Cl-].[Cl-]. The fourth-order valence-electron chi connectivity index (χ4n) is 2.22.